The van der Waals surface area contributed by atoms with E-state index in [0.717, 1.165) is 16.5 Å². The lowest BCUT2D eigenvalue weighted by Gasteiger charge is -2.16. The third-order valence-corrected chi connectivity index (χ3v) is 4.81. The van der Waals surface area contributed by atoms with Gasteiger partial charge in [0.25, 0.3) is 5.56 Å². The highest BCUT2D eigenvalue weighted by Gasteiger charge is 2.21. The van der Waals surface area contributed by atoms with Crippen molar-refractivity contribution in [3.05, 3.63) is 101 Å². The zero-order valence-electron chi connectivity index (χ0n) is 15.9. The van der Waals surface area contributed by atoms with Crippen LogP contribution in [0.15, 0.2) is 84.2 Å². The first kappa shape index (κ1) is 18.5. The zero-order chi connectivity index (χ0) is 20.2. The number of para-hydroxylation sites is 1. The number of ketones is 1. The molecule has 0 spiro atoms. The lowest BCUT2D eigenvalue weighted by Crippen LogP contribution is -2.27. The lowest BCUT2D eigenvalue weighted by atomic mass is 9.93. The van der Waals surface area contributed by atoms with E-state index in [9.17, 15) is 9.59 Å². The highest BCUT2D eigenvalue weighted by atomic mass is 16.1. The topological polar surface area (TPSA) is 64.8 Å². The number of pyridine rings is 1. The Labute approximate surface area is 168 Å². The van der Waals surface area contributed by atoms with E-state index in [1.807, 2.05) is 61.5 Å². The van der Waals surface area contributed by atoms with E-state index in [-0.39, 0.29) is 16.9 Å². The number of aryl methyl sites for hydroxylation is 1. The van der Waals surface area contributed by atoms with E-state index in [1.54, 1.807) is 23.0 Å². The predicted molar refractivity (Wildman–Crippen MR) is 115 cm³/mol. The molecule has 2 heterocycles. The summed E-state index contributed by atoms with van der Waals surface area (Å²) < 4.78 is 1.65. The number of aromatic nitrogens is 3. The summed E-state index contributed by atoms with van der Waals surface area (Å²) in [5.41, 5.74) is 2.89. The molecular formula is C24H19N3O2. The Balaban J connectivity index is 1.99. The Bertz CT molecular complexity index is 1260. The number of hydrogen-bond acceptors (Lipinski definition) is 4. The van der Waals surface area contributed by atoms with E-state index >= 15 is 0 Å². The minimum Gasteiger partial charge on any atom is -0.308 e. The molecule has 0 amide bonds. The van der Waals surface area contributed by atoms with Gasteiger partial charge in [0.2, 0.25) is 0 Å². The number of benzene rings is 2. The maximum Gasteiger partial charge on any atom is 0.262 e. The maximum absolute atomic E-state index is 13.3. The van der Waals surface area contributed by atoms with Crippen molar-refractivity contribution in [3.8, 4) is 11.1 Å². The normalized spacial score (nSPS) is 11.2. The molecule has 4 rings (SSSR count). The van der Waals surface area contributed by atoms with E-state index in [4.69, 9.17) is 0 Å². The highest BCUT2D eigenvalue weighted by Crippen LogP contribution is 2.31. The fraction of sp³-hybridized carbons (Fsp3) is 0.0833. The van der Waals surface area contributed by atoms with E-state index in [0.29, 0.717) is 17.7 Å². The van der Waals surface area contributed by atoms with Gasteiger partial charge in [-0.1, -0.05) is 48.5 Å². The summed E-state index contributed by atoms with van der Waals surface area (Å²) >= 11 is 0. The van der Waals surface area contributed by atoms with Crippen molar-refractivity contribution in [3.63, 3.8) is 0 Å². The molecule has 0 unspecified atom stereocenters. The third-order valence-electron chi connectivity index (χ3n) is 4.81. The van der Waals surface area contributed by atoms with Crippen LogP contribution in [0.25, 0.3) is 28.1 Å². The lowest BCUT2D eigenvalue weighted by molar-refractivity contribution is 0.104. The molecule has 0 bridgehead atoms. The molecule has 5 nitrogen and oxygen atoms in total. The van der Waals surface area contributed by atoms with Crippen molar-refractivity contribution < 1.29 is 4.79 Å². The summed E-state index contributed by atoms with van der Waals surface area (Å²) in [5, 5.41) is 0.875. The first-order valence-corrected chi connectivity index (χ1v) is 9.39. The number of allylic oxidation sites excluding steroid dienone is 1. The van der Waals surface area contributed by atoms with Gasteiger partial charge in [-0.05, 0) is 30.7 Å². The third kappa shape index (κ3) is 3.50. The van der Waals surface area contributed by atoms with Gasteiger partial charge in [-0.2, -0.15) is 0 Å². The van der Waals surface area contributed by atoms with Crippen LogP contribution >= 0.6 is 0 Å². The zero-order valence-corrected chi connectivity index (χ0v) is 15.9. The van der Waals surface area contributed by atoms with Crippen molar-refractivity contribution in [2.24, 2.45) is 0 Å². The second-order valence-corrected chi connectivity index (χ2v) is 6.55. The van der Waals surface area contributed by atoms with E-state index < -0.39 is 0 Å². The molecule has 0 aliphatic rings. The van der Waals surface area contributed by atoms with Gasteiger partial charge in [-0.3, -0.25) is 9.59 Å². The first-order chi connectivity index (χ1) is 14.2. The van der Waals surface area contributed by atoms with Crippen molar-refractivity contribution in [1.29, 1.82) is 0 Å². The minimum atomic E-state index is -0.342. The molecule has 0 aliphatic heterocycles. The Morgan fingerprint density at radius 1 is 1.00 bits per heavy atom. The molecule has 0 fully saturated rings. The van der Waals surface area contributed by atoms with Crippen LogP contribution in [0.2, 0.25) is 0 Å². The predicted octanol–water partition coefficient (Wildman–Crippen LogP) is 4.37. The van der Waals surface area contributed by atoms with Crippen LogP contribution in [0.1, 0.15) is 22.8 Å². The van der Waals surface area contributed by atoms with Crippen LogP contribution in [0, 0.1) is 0 Å². The Morgan fingerprint density at radius 2 is 1.69 bits per heavy atom. The number of fused-ring (bicyclic) bond motifs is 1. The van der Waals surface area contributed by atoms with Gasteiger partial charge in [0.15, 0.2) is 5.78 Å². The van der Waals surface area contributed by atoms with Crippen LogP contribution in [0.5, 0.6) is 0 Å². The van der Waals surface area contributed by atoms with Crippen molar-refractivity contribution in [2.75, 3.05) is 0 Å². The number of nitrogens with zero attached hydrogens (tertiary/aromatic N) is 3. The molecule has 0 saturated carbocycles. The average Bonchev–Trinajstić information content (AvgIpc) is 2.78. The Hall–Kier alpha value is -3.86. The summed E-state index contributed by atoms with van der Waals surface area (Å²) in [5.74, 6) is -0.342. The average molecular weight is 381 g/mol. The summed E-state index contributed by atoms with van der Waals surface area (Å²) in [6, 6.07) is 17.3. The minimum absolute atomic E-state index is 0.171. The quantitative estimate of drug-likeness (QED) is 0.380. The van der Waals surface area contributed by atoms with Crippen LogP contribution in [-0.4, -0.2) is 20.3 Å². The summed E-state index contributed by atoms with van der Waals surface area (Å²) in [6.07, 6.45) is 7.69. The van der Waals surface area contributed by atoms with Crippen LogP contribution < -0.4 is 5.56 Å². The first-order valence-electron chi connectivity index (χ1n) is 9.39. The standard InChI is InChI=1S/C24H19N3O2/c1-2-27-20-11-7-6-10-19(20)22(18-8-4-3-5-9-18)23(24(27)29)21(28)13-12-17-14-25-16-26-15-17/h3-16H,2H2,1H3/b13-12+. The van der Waals surface area contributed by atoms with Crippen LogP contribution in [0.3, 0.4) is 0 Å². The molecule has 2 aromatic carbocycles. The number of carbonyl (C=O) groups excluding carboxylic acids is 1. The molecule has 0 atom stereocenters. The largest absolute Gasteiger partial charge is 0.308 e. The molecule has 2 aromatic heterocycles. The summed E-state index contributed by atoms with van der Waals surface area (Å²) in [6.45, 7) is 2.38. The Morgan fingerprint density at radius 3 is 2.41 bits per heavy atom. The van der Waals surface area contributed by atoms with Gasteiger partial charge in [-0.15, -0.1) is 0 Å². The van der Waals surface area contributed by atoms with E-state index in [1.165, 1.54) is 12.4 Å². The molecular weight excluding hydrogens is 362 g/mol. The molecule has 0 saturated heterocycles. The molecule has 29 heavy (non-hydrogen) atoms. The number of hydrogen-bond donors (Lipinski definition) is 0. The molecule has 142 valence electrons. The number of rotatable bonds is 5. The van der Waals surface area contributed by atoms with Gasteiger partial charge >= 0.3 is 0 Å². The van der Waals surface area contributed by atoms with Crippen molar-refractivity contribution in [1.82, 2.24) is 14.5 Å². The second-order valence-electron chi connectivity index (χ2n) is 6.55. The van der Waals surface area contributed by atoms with Crippen LogP contribution in [0.4, 0.5) is 0 Å². The van der Waals surface area contributed by atoms with Crippen molar-refractivity contribution >= 4 is 22.8 Å². The van der Waals surface area contributed by atoms with Crippen molar-refractivity contribution in [2.45, 2.75) is 13.5 Å². The van der Waals surface area contributed by atoms with Gasteiger partial charge < -0.3 is 4.57 Å². The Kier molecular flexibility index (Phi) is 5.12. The summed E-state index contributed by atoms with van der Waals surface area (Å²) in [4.78, 5) is 34.4. The molecule has 0 radical (unpaired) electrons. The SMILES string of the molecule is CCn1c(=O)c(C(=O)/C=C/c2cncnc2)c(-c2ccccc2)c2ccccc21. The van der Waals surface area contributed by atoms with Gasteiger partial charge in [-0.25, -0.2) is 9.97 Å². The fourth-order valence-corrected chi connectivity index (χ4v) is 3.51. The summed E-state index contributed by atoms with van der Waals surface area (Å²) in [7, 11) is 0. The molecule has 4 aromatic rings. The molecule has 5 heteroatoms. The molecule has 0 aliphatic carbocycles. The van der Waals surface area contributed by atoms with Gasteiger partial charge in [0.1, 0.15) is 6.33 Å². The molecule has 0 N–H and O–H groups in total. The van der Waals surface area contributed by atoms with E-state index in [2.05, 4.69) is 9.97 Å². The second kappa shape index (κ2) is 8.02. The van der Waals surface area contributed by atoms with Crippen LogP contribution in [-0.2, 0) is 6.54 Å². The van der Waals surface area contributed by atoms with Gasteiger partial charge in [0.05, 0.1) is 11.1 Å². The number of carbonyl (C=O) groups is 1. The smallest absolute Gasteiger partial charge is 0.262 e. The maximum atomic E-state index is 13.3. The highest BCUT2D eigenvalue weighted by molar-refractivity contribution is 6.15. The monoisotopic (exact) mass is 381 g/mol. The fourth-order valence-electron chi connectivity index (χ4n) is 3.51. The van der Waals surface area contributed by atoms with Gasteiger partial charge in [0, 0.05) is 35.5 Å².